The van der Waals surface area contributed by atoms with Gasteiger partial charge in [-0.15, -0.1) is 0 Å². The molecule has 0 aromatic carbocycles. The van der Waals surface area contributed by atoms with Gasteiger partial charge < -0.3 is 15.4 Å². The first-order valence-electron chi connectivity index (χ1n) is 6.31. The number of imide groups is 1. The van der Waals surface area contributed by atoms with E-state index in [4.69, 9.17) is 4.74 Å². The smallest absolute Gasteiger partial charge is 0.321 e. The minimum Gasteiger partial charge on any atom is -0.380 e. The maximum atomic E-state index is 11.4. The zero-order chi connectivity index (χ0) is 14.0. The topological polar surface area (TPSA) is 79.5 Å². The van der Waals surface area contributed by atoms with Crippen molar-refractivity contribution in [1.82, 2.24) is 16.0 Å². The highest BCUT2D eigenvalue weighted by molar-refractivity contribution is 5.96. The first-order valence-corrected chi connectivity index (χ1v) is 6.31. The number of hydrogen-bond acceptors (Lipinski definition) is 4. The van der Waals surface area contributed by atoms with Crippen LogP contribution in [0.2, 0.25) is 0 Å². The Morgan fingerprint density at radius 2 is 1.83 bits per heavy atom. The van der Waals surface area contributed by atoms with Crippen LogP contribution in [0.3, 0.4) is 0 Å². The molecule has 6 nitrogen and oxygen atoms in total. The predicted octanol–water partition coefficient (Wildman–Crippen LogP) is 0.483. The third-order valence-corrected chi connectivity index (χ3v) is 2.39. The molecule has 0 aliphatic heterocycles. The fourth-order valence-corrected chi connectivity index (χ4v) is 1.14. The van der Waals surface area contributed by atoms with E-state index in [0.29, 0.717) is 19.1 Å². The maximum Gasteiger partial charge on any atom is 0.321 e. The standard InChI is InChI=1S/C12H25N3O3/c1-9(2)5-7-18-8-6-14-10(3)11(16)15-12(17)13-4/h9-10,14H,5-8H2,1-4H3,(H2,13,15,16,17). The van der Waals surface area contributed by atoms with Gasteiger partial charge >= 0.3 is 6.03 Å². The predicted molar refractivity (Wildman–Crippen MR) is 70.3 cm³/mol. The van der Waals surface area contributed by atoms with Crippen LogP contribution in [0.4, 0.5) is 4.79 Å². The molecule has 0 aliphatic rings. The second kappa shape index (κ2) is 9.85. The minimum atomic E-state index is -0.498. The molecule has 0 rings (SSSR count). The molecule has 0 saturated carbocycles. The molecule has 0 aromatic rings. The molecular formula is C12H25N3O3. The van der Waals surface area contributed by atoms with E-state index in [9.17, 15) is 9.59 Å². The summed E-state index contributed by atoms with van der Waals surface area (Å²) < 4.78 is 5.40. The molecule has 0 radical (unpaired) electrons. The van der Waals surface area contributed by atoms with Crippen LogP contribution in [0.1, 0.15) is 27.2 Å². The largest absolute Gasteiger partial charge is 0.380 e. The highest BCUT2D eigenvalue weighted by Crippen LogP contribution is 1.98. The van der Waals surface area contributed by atoms with Crippen molar-refractivity contribution in [3.63, 3.8) is 0 Å². The zero-order valence-corrected chi connectivity index (χ0v) is 11.7. The normalized spacial score (nSPS) is 12.3. The summed E-state index contributed by atoms with van der Waals surface area (Å²) in [6.07, 6.45) is 1.03. The summed E-state index contributed by atoms with van der Waals surface area (Å²) in [5.74, 6) is 0.284. The first-order chi connectivity index (χ1) is 8.47. The first kappa shape index (κ1) is 16.9. The van der Waals surface area contributed by atoms with E-state index in [1.54, 1.807) is 6.92 Å². The van der Waals surface area contributed by atoms with Crippen LogP contribution >= 0.6 is 0 Å². The van der Waals surface area contributed by atoms with E-state index in [2.05, 4.69) is 29.8 Å². The summed E-state index contributed by atoms with van der Waals surface area (Å²) in [7, 11) is 1.46. The Morgan fingerprint density at radius 1 is 1.17 bits per heavy atom. The van der Waals surface area contributed by atoms with Crippen LogP contribution in [-0.4, -0.2) is 44.8 Å². The molecule has 0 bridgehead atoms. The van der Waals surface area contributed by atoms with E-state index in [1.165, 1.54) is 7.05 Å². The molecular weight excluding hydrogens is 234 g/mol. The fraction of sp³-hybridized carbons (Fsp3) is 0.833. The number of carbonyl (C=O) groups excluding carboxylic acids is 2. The molecule has 0 aliphatic carbocycles. The summed E-state index contributed by atoms with van der Waals surface area (Å²) in [5, 5.41) is 7.51. The van der Waals surface area contributed by atoms with Crippen LogP contribution in [-0.2, 0) is 9.53 Å². The monoisotopic (exact) mass is 259 g/mol. The molecule has 18 heavy (non-hydrogen) atoms. The molecule has 1 unspecified atom stereocenters. The molecule has 3 amide bonds. The molecule has 0 fully saturated rings. The number of rotatable bonds is 8. The van der Waals surface area contributed by atoms with Crippen molar-refractivity contribution in [3.8, 4) is 0 Å². The van der Waals surface area contributed by atoms with Gasteiger partial charge in [0.2, 0.25) is 5.91 Å². The van der Waals surface area contributed by atoms with Gasteiger partial charge in [-0.1, -0.05) is 13.8 Å². The van der Waals surface area contributed by atoms with Crippen molar-refractivity contribution in [1.29, 1.82) is 0 Å². The lowest BCUT2D eigenvalue weighted by Crippen LogP contribution is -2.47. The number of ether oxygens (including phenoxy) is 1. The van der Waals surface area contributed by atoms with Gasteiger partial charge in [0, 0.05) is 20.2 Å². The molecule has 0 aromatic heterocycles. The van der Waals surface area contributed by atoms with Gasteiger partial charge in [-0.25, -0.2) is 4.79 Å². The number of nitrogens with one attached hydrogen (secondary N) is 3. The van der Waals surface area contributed by atoms with Crippen molar-refractivity contribution in [2.75, 3.05) is 26.8 Å². The van der Waals surface area contributed by atoms with E-state index in [-0.39, 0.29) is 5.91 Å². The van der Waals surface area contributed by atoms with E-state index in [0.717, 1.165) is 13.0 Å². The fourth-order valence-electron chi connectivity index (χ4n) is 1.14. The lowest BCUT2D eigenvalue weighted by atomic mass is 10.1. The van der Waals surface area contributed by atoms with E-state index >= 15 is 0 Å². The average Bonchev–Trinajstić information content (AvgIpc) is 2.32. The number of carbonyl (C=O) groups is 2. The van der Waals surface area contributed by atoms with Crippen molar-refractivity contribution in [2.45, 2.75) is 33.2 Å². The zero-order valence-electron chi connectivity index (χ0n) is 11.7. The third-order valence-electron chi connectivity index (χ3n) is 2.39. The Morgan fingerprint density at radius 3 is 2.39 bits per heavy atom. The Labute approximate surface area is 109 Å². The number of hydrogen-bond donors (Lipinski definition) is 3. The second-order valence-corrected chi connectivity index (χ2v) is 4.54. The van der Waals surface area contributed by atoms with Crippen LogP contribution in [0.5, 0.6) is 0 Å². The molecule has 0 spiro atoms. The Hall–Kier alpha value is -1.14. The van der Waals surface area contributed by atoms with Gasteiger partial charge in [-0.2, -0.15) is 0 Å². The Kier molecular flexibility index (Phi) is 9.22. The van der Waals surface area contributed by atoms with Gasteiger partial charge in [0.15, 0.2) is 0 Å². The number of urea groups is 1. The van der Waals surface area contributed by atoms with Gasteiger partial charge in [0.25, 0.3) is 0 Å². The van der Waals surface area contributed by atoms with E-state index in [1.807, 2.05) is 0 Å². The summed E-state index contributed by atoms with van der Waals surface area (Å²) in [5.41, 5.74) is 0. The lowest BCUT2D eigenvalue weighted by Gasteiger charge is -2.13. The van der Waals surface area contributed by atoms with Gasteiger partial charge in [0.1, 0.15) is 0 Å². The molecule has 0 heterocycles. The van der Waals surface area contributed by atoms with Crippen molar-refractivity contribution in [3.05, 3.63) is 0 Å². The van der Waals surface area contributed by atoms with Crippen molar-refractivity contribution >= 4 is 11.9 Å². The van der Waals surface area contributed by atoms with Crippen molar-refractivity contribution < 1.29 is 14.3 Å². The third kappa shape index (κ3) is 8.95. The van der Waals surface area contributed by atoms with Crippen LogP contribution in [0, 0.1) is 5.92 Å². The Balaban J connectivity index is 3.55. The molecule has 0 saturated heterocycles. The summed E-state index contributed by atoms with van der Waals surface area (Å²) in [4.78, 5) is 22.4. The maximum absolute atomic E-state index is 11.4. The van der Waals surface area contributed by atoms with Crippen molar-refractivity contribution in [2.24, 2.45) is 5.92 Å². The highest BCUT2D eigenvalue weighted by Gasteiger charge is 2.13. The lowest BCUT2D eigenvalue weighted by molar-refractivity contribution is -0.121. The molecule has 6 heteroatoms. The highest BCUT2D eigenvalue weighted by atomic mass is 16.5. The summed E-state index contributed by atoms with van der Waals surface area (Å²) in [6.45, 7) is 7.87. The van der Waals surface area contributed by atoms with Crippen LogP contribution in [0.25, 0.3) is 0 Å². The Bertz CT molecular complexity index is 257. The van der Waals surface area contributed by atoms with Crippen LogP contribution in [0.15, 0.2) is 0 Å². The molecule has 1 atom stereocenters. The number of amides is 3. The average molecular weight is 259 g/mol. The van der Waals surface area contributed by atoms with Gasteiger partial charge in [-0.05, 0) is 19.3 Å². The summed E-state index contributed by atoms with van der Waals surface area (Å²) >= 11 is 0. The second-order valence-electron chi connectivity index (χ2n) is 4.54. The molecule has 3 N–H and O–H groups in total. The van der Waals surface area contributed by atoms with E-state index < -0.39 is 12.1 Å². The summed E-state index contributed by atoms with van der Waals surface area (Å²) in [6, 6.07) is -0.919. The van der Waals surface area contributed by atoms with Crippen LogP contribution < -0.4 is 16.0 Å². The van der Waals surface area contributed by atoms with Gasteiger partial charge in [0.05, 0.1) is 12.6 Å². The SMILES string of the molecule is CNC(=O)NC(=O)C(C)NCCOCCC(C)C. The minimum absolute atomic E-state index is 0.350. The van der Waals surface area contributed by atoms with Gasteiger partial charge in [-0.3, -0.25) is 10.1 Å². The quantitative estimate of drug-likeness (QED) is 0.554. The molecule has 106 valence electrons.